The minimum atomic E-state index is -0.841. The summed E-state index contributed by atoms with van der Waals surface area (Å²) in [7, 11) is 0. The molecule has 3 aromatic rings. The molecule has 0 aliphatic rings. The number of aromatic hydroxyl groups is 1. The van der Waals surface area contributed by atoms with Crippen molar-refractivity contribution in [1.82, 2.24) is 10.6 Å². The second-order valence-electron chi connectivity index (χ2n) is 8.87. The van der Waals surface area contributed by atoms with E-state index in [2.05, 4.69) is 10.6 Å². The number of rotatable bonds is 6. The molecule has 0 spiro atoms. The molecular weight excluding hydrogens is 404 g/mol. The lowest BCUT2D eigenvalue weighted by Crippen LogP contribution is -2.49. The van der Waals surface area contributed by atoms with E-state index in [0.29, 0.717) is 0 Å². The third-order valence-electron chi connectivity index (χ3n) is 5.03. The van der Waals surface area contributed by atoms with E-state index in [-0.39, 0.29) is 24.1 Å². The first-order valence-corrected chi connectivity index (χ1v) is 10.7. The SMILES string of the molecule is C[C@H](NC(=O)[C@H](Cc1ccc(O)cc1)NC(=O)OC(C)(C)C)c1cccc2ccccc12. The van der Waals surface area contributed by atoms with E-state index in [1.807, 2.05) is 49.4 Å². The summed E-state index contributed by atoms with van der Waals surface area (Å²) in [5, 5.41) is 17.4. The number of phenols is 1. The van der Waals surface area contributed by atoms with E-state index in [0.717, 1.165) is 21.9 Å². The first kappa shape index (κ1) is 23.1. The number of fused-ring (bicyclic) bond motifs is 1. The molecule has 6 nitrogen and oxygen atoms in total. The fourth-order valence-electron chi connectivity index (χ4n) is 3.55. The van der Waals surface area contributed by atoms with Gasteiger partial charge in [0.2, 0.25) is 5.91 Å². The number of phenolic OH excluding ortho intramolecular Hbond substituents is 1. The van der Waals surface area contributed by atoms with Gasteiger partial charge >= 0.3 is 6.09 Å². The average Bonchev–Trinajstić information content (AvgIpc) is 2.73. The Balaban J connectivity index is 1.79. The molecule has 0 fully saturated rings. The van der Waals surface area contributed by atoms with E-state index in [4.69, 9.17) is 4.74 Å². The fraction of sp³-hybridized carbons (Fsp3) is 0.308. The van der Waals surface area contributed by atoms with E-state index < -0.39 is 17.7 Å². The Kier molecular flexibility index (Phi) is 7.03. The third kappa shape index (κ3) is 6.23. The molecule has 0 saturated carbocycles. The van der Waals surface area contributed by atoms with Crippen LogP contribution in [0.25, 0.3) is 10.8 Å². The van der Waals surface area contributed by atoms with Crippen molar-refractivity contribution >= 4 is 22.8 Å². The molecule has 2 atom stereocenters. The molecule has 0 unspecified atom stereocenters. The number of alkyl carbamates (subject to hydrolysis) is 1. The monoisotopic (exact) mass is 434 g/mol. The van der Waals surface area contributed by atoms with Crippen LogP contribution in [0.3, 0.4) is 0 Å². The summed E-state index contributed by atoms with van der Waals surface area (Å²) in [5.41, 5.74) is 1.12. The van der Waals surface area contributed by atoms with E-state index in [9.17, 15) is 14.7 Å². The van der Waals surface area contributed by atoms with Crippen molar-refractivity contribution in [2.24, 2.45) is 0 Å². The number of hydrogen-bond donors (Lipinski definition) is 3. The Bertz CT molecular complexity index is 1080. The van der Waals surface area contributed by atoms with Crippen LogP contribution in [0.15, 0.2) is 66.7 Å². The smallest absolute Gasteiger partial charge is 0.408 e. The molecule has 3 N–H and O–H groups in total. The lowest BCUT2D eigenvalue weighted by Gasteiger charge is -2.25. The van der Waals surface area contributed by atoms with Crippen LogP contribution in [0, 0.1) is 0 Å². The van der Waals surface area contributed by atoms with Crippen molar-refractivity contribution in [2.75, 3.05) is 0 Å². The van der Waals surface area contributed by atoms with Gasteiger partial charge in [-0.1, -0.05) is 54.6 Å². The molecule has 0 aromatic heterocycles. The van der Waals surface area contributed by atoms with Crippen LogP contribution in [-0.4, -0.2) is 28.7 Å². The van der Waals surface area contributed by atoms with Crippen molar-refractivity contribution in [2.45, 2.75) is 51.8 Å². The topological polar surface area (TPSA) is 87.7 Å². The maximum atomic E-state index is 13.2. The summed E-state index contributed by atoms with van der Waals surface area (Å²) < 4.78 is 5.35. The predicted molar refractivity (Wildman–Crippen MR) is 125 cm³/mol. The van der Waals surface area contributed by atoms with Crippen LogP contribution in [-0.2, 0) is 16.0 Å². The summed E-state index contributed by atoms with van der Waals surface area (Å²) in [6, 6.07) is 19.4. The highest BCUT2D eigenvalue weighted by Crippen LogP contribution is 2.24. The Morgan fingerprint density at radius 2 is 1.59 bits per heavy atom. The summed E-state index contributed by atoms with van der Waals surface area (Å²) in [6.07, 6.45) is -0.401. The lowest BCUT2D eigenvalue weighted by atomic mass is 9.99. The van der Waals surface area contributed by atoms with Gasteiger partial charge in [-0.3, -0.25) is 4.79 Å². The highest BCUT2D eigenvalue weighted by Gasteiger charge is 2.26. The molecule has 0 heterocycles. The maximum Gasteiger partial charge on any atom is 0.408 e. The van der Waals surface area contributed by atoms with E-state index in [1.54, 1.807) is 45.0 Å². The average molecular weight is 435 g/mol. The molecule has 2 amide bonds. The number of hydrogen-bond acceptors (Lipinski definition) is 4. The van der Waals surface area contributed by atoms with Gasteiger partial charge in [-0.2, -0.15) is 0 Å². The van der Waals surface area contributed by atoms with Gasteiger partial charge in [-0.15, -0.1) is 0 Å². The van der Waals surface area contributed by atoms with Crippen molar-refractivity contribution < 1.29 is 19.4 Å². The zero-order chi connectivity index (χ0) is 23.3. The molecule has 6 heteroatoms. The van der Waals surface area contributed by atoms with Gasteiger partial charge in [-0.05, 0) is 61.7 Å². The van der Waals surface area contributed by atoms with Crippen LogP contribution in [0.1, 0.15) is 44.9 Å². The second kappa shape index (κ2) is 9.73. The van der Waals surface area contributed by atoms with Gasteiger partial charge in [0.25, 0.3) is 0 Å². The molecule has 0 saturated heterocycles. The summed E-state index contributed by atoms with van der Waals surface area (Å²) in [6.45, 7) is 7.23. The minimum absolute atomic E-state index is 0.138. The van der Waals surface area contributed by atoms with Crippen LogP contribution >= 0.6 is 0 Å². The highest BCUT2D eigenvalue weighted by molar-refractivity contribution is 5.89. The normalized spacial score (nSPS) is 13.2. The molecule has 3 rings (SSSR count). The Morgan fingerprint density at radius 3 is 2.28 bits per heavy atom. The van der Waals surface area contributed by atoms with Crippen LogP contribution < -0.4 is 10.6 Å². The number of carbonyl (C=O) groups excluding carboxylic acids is 2. The molecule has 32 heavy (non-hydrogen) atoms. The van der Waals surface area contributed by atoms with Crippen LogP contribution in [0.2, 0.25) is 0 Å². The van der Waals surface area contributed by atoms with Crippen LogP contribution in [0.5, 0.6) is 5.75 Å². The Labute approximate surface area is 188 Å². The number of ether oxygens (including phenoxy) is 1. The Hall–Kier alpha value is -3.54. The fourth-order valence-corrected chi connectivity index (χ4v) is 3.55. The summed E-state index contributed by atoms with van der Waals surface area (Å²) in [5.74, 6) is -0.177. The Morgan fingerprint density at radius 1 is 0.938 bits per heavy atom. The lowest BCUT2D eigenvalue weighted by molar-refractivity contribution is -0.123. The first-order chi connectivity index (χ1) is 15.1. The molecule has 3 aromatic carbocycles. The van der Waals surface area contributed by atoms with Crippen LogP contribution in [0.4, 0.5) is 4.79 Å². The van der Waals surface area contributed by atoms with Gasteiger partial charge in [0.1, 0.15) is 17.4 Å². The summed E-state index contributed by atoms with van der Waals surface area (Å²) in [4.78, 5) is 25.6. The number of carbonyl (C=O) groups is 2. The summed E-state index contributed by atoms with van der Waals surface area (Å²) >= 11 is 0. The van der Waals surface area contributed by atoms with Crippen molar-refractivity contribution in [3.05, 3.63) is 77.9 Å². The van der Waals surface area contributed by atoms with Gasteiger partial charge in [0.05, 0.1) is 6.04 Å². The van der Waals surface area contributed by atoms with Gasteiger partial charge < -0.3 is 20.5 Å². The molecular formula is C26H30N2O4. The van der Waals surface area contributed by atoms with E-state index >= 15 is 0 Å². The first-order valence-electron chi connectivity index (χ1n) is 10.7. The zero-order valence-corrected chi connectivity index (χ0v) is 18.9. The third-order valence-corrected chi connectivity index (χ3v) is 5.03. The predicted octanol–water partition coefficient (Wildman–Crippen LogP) is 4.86. The zero-order valence-electron chi connectivity index (χ0n) is 18.9. The van der Waals surface area contributed by atoms with Gasteiger partial charge in [0, 0.05) is 6.42 Å². The second-order valence-corrected chi connectivity index (χ2v) is 8.87. The molecule has 0 bridgehead atoms. The largest absolute Gasteiger partial charge is 0.508 e. The number of amides is 2. The standard InChI is InChI=1S/C26H30N2O4/c1-17(21-11-7-9-19-8-5-6-10-22(19)21)27-24(30)23(28-25(31)32-26(2,3)4)16-18-12-14-20(29)15-13-18/h5-15,17,23,29H,16H2,1-4H3,(H,27,30)(H,28,31)/t17-,23-/m0/s1. The molecule has 168 valence electrons. The van der Waals surface area contributed by atoms with Gasteiger partial charge in [-0.25, -0.2) is 4.79 Å². The minimum Gasteiger partial charge on any atom is -0.508 e. The highest BCUT2D eigenvalue weighted by atomic mass is 16.6. The van der Waals surface area contributed by atoms with Crippen molar-refractivity contribution in [1.29, 1.82) is 0 Å². The molecule has 0 radical (unpaired) electrons. The van der Waals surface area contributed by atoms with Gasteiger partial charge in [0.15, 0.2) is 0 Å². The molecule has 0 aliphatic heterocycles. The number of nitrogens with one attached hydrogen (secondary N) is 2. The van der Waals surface area contributed by atoms with Crippen molar-refractivity contribution in [3.63, 3.8) is 0 Å². The molecule has 0 aliphatic carbocycles. The number of benzene rings is 3. The van der Waals surface area contributed by atoms with E-state index in [1.165, 1.54) is 0 Å². The van der Waals surface area contributed by atoms with Crippen molar-refractivity contribution in [3.8, 4) is 5.75 Å². The quantitative estimate of drug-likeness (QED) is 0.517. The maximum absolute atomic E-state index is 13.2.